The number of nitrogens with zero attached hydrogens (tertiary/aromatic N) is 2. The maximum Gasteiger partial charge on any atom is 0.230 e. The van der Waals surface area contributed by atoms with E-state index in [4.69, 9.17) is 9.15 Å². The van der Waals surface area contributed by atoms with Gasteiger partial charge in [0.15, 0.2) is 0 Å². The Balaban J connectivity index is 1.42. The van der Waals surface area contributed by atoms with Crippen molar-refractivity contribution in [1.29, 1.82) is 0 Å². The molecular formula is C14H17N3O2. The fourth-order valence-electron chi connectivity index (χ4n) is 1.75. The fourth-order valence-corrected chi connectivity index (χ4v) is 1.75. The molecule has 100 valence electrons. The molecule has 0 bridgehead atoms. The lowest BCUT2D eigenvalue weighted by Gasteiger charge is -2.03. The van der Waals surface area contributed by atoms with Crippen molar-refractivity contribution in [3.8, 4) is 5.75 Å². The summed E-state index contributed by atoms with van der Waals surface area (Å²) in [5.74, 6) is 2.14. The van der Waals surface area contributed by atoms with Crippen molar-refractivity contribution in [2.75, 3.05) is 6.61 Å². The third kappa shape index (κ3) is 3.79. The first-order valence-electron chi connectivity index (χ1n) is 6.62. The Hall–Kier alpha value is -1.88. The zero-order valence-corrected chi connectivity index (χ0v) is 10.7. The lowest BCUT2D eigenvalue weighted by Crippen LogP contribution is -2.15. The maximum absolute atomic E-state index is 5.58. The summed E-state index contributed by atoms with van der Waals surface area (Å²) in [7, 11) is 0. The molecule has 0 aliphatic heterocycles. The molecule has 3 rings (SSSR count). The van der Waals surface area contributed by atoms with E-state index in [0.717, 1.165) is 5.75 Å². The van der Waals surface area contributed by atoms with Crippen LogP contribution in [0.3, 0.4) is 0 Å². The summed E-state index contributed by atoms with van der Waals surface area (Å²) < 4.78 is 11.1. The molecule has 1 aromatic carbocycles. The van der Waals surface area contributed by atoms with Crippen LogP contribution in [0.2, 0.25) is 0 Å². The van der Waals surface area contributed by atoms with Gasteiger partial charge in [0, 0.05) is 6.04 Å². The highest BCUT2D eigenvalue weighted by Crippen LogP contribution is 2.19. The number of rotatable bonds is 7. The quantitative estimate of drug-likeness (QED) is 0.823. The van der Waals surface area contributed by atoms with Crippen molar-refractivity contribution in [3.05, 3.63) is 42.1 Å². The third-order valence-electron chi connectivity index (χ3n) is 2.96. The van der Waals surface area contributed by atoms with Crippen LogP contribution < -0.4 is 10.1 Å². The predicted molar refractivity (Wildman–Crippen MR) is 69.8 cm³/mol. The molecule has 1 aliphatic rings. The average Bonchev–Trinajstić information content (AvgIpc) is 3.17. The van der Waals surface area contributed by atoms with Crippen LogP contribution in [-0.2, 0) is 13.0 Å². The highest BCUT2D eigenvalue weighted by molar-refractivity contribution is 5.20. The van der Waals surface area contributed by atoms with Crippen molar-refractivity contribution in [3.63, 3.8) is 0 Å². The largest absolute Gasteiger partial charge is 0.493 e. The summed E-state index contributed by atoms with van der Waals surface area (Å²) in [5, 5.41) is 11.4. The Bertz CT molecular complexity index is 508. The SMILES string of the molecule is c1ccc(OCCc2nnc(CNC3CC3)o2)cc1. The molecule has 0 amide bonds. The van der Waals surface area contributed by atoms with Crippen molar-refractivity contribution in [1.82, 2.24) is 15.5 Å². The molecule has 5 nitrogen and oxygen atoms in total. The van der Waals surface area contributed by atoms with E-state index in [0.29, 0.717) is 37.4 Å². The molecule has 2 aromatic rings. The maximum atomic E-state index is 5.58. The second-order valence-electron chi connectivity index (χ2n) is 4.66. The van der Waals surface area contributed by atoms with Crippen molar-refractivity contribution in [2.24, 2.45) is 0 Å². The topological polar surface area (TPSA) is 60.2 Å². The van der Waals surface area contributed by atoms with Crippen molar-refractivity contribution < 1.29 is 9.15 Å². The Morgan fingerprint density at radius 1 is 1.16 bits per heavy atom. The van der Waals surface area contributed by atoms with E-state index in [2.05, 4.69) is 15.5 Å². The van der Waals surface area contributed by atoms with Crippen molar-refractivity contribution >= 4 is 0 Å². The lowest BCUT2D eigenvalue weighted by atomic mass is 10.3. The first-order valence-corrected chi connectivity index (χ1v) is 6.62. The van der Waals surface area contributed by atoms with Crippen molar-refractivity contribution in [2.45, 2.75) is 31.8 Å². The minimum atomic E-state index is 0.543. The van der Waals surface area contributed by atoms with Gasteiger partial charge >= 0.3 is 0 Å². The van der Waals surface area contributed by atoms with Gasteiger partial charge in [0.1, 0.15) is 5.75 Å². The Morgan fingerprint density at radius 2 is 1.95 bits per heavy atom. The van der Waals surface area contributed by atoms with Crippen LogP contribution in [-0.4, -0.2) is 22.8 Å². The van der Waals surface area contributed by atoms with Crippen LogP contribution in [0.15, 0.2) is 34.7 Å². The first-order chi connectivity index (χ1) is 9.40. The summed E-state index contributed by atoms with van der Waals surface area (Å²) in [6.45, 7) is 1.21. The van der Waals surface area contributed by atoms with Gasteiger partial charge in [-0.3, -0.25) is 0 Å². The highest BCUT2D eigenvalue weighted by Gasteiger charge is 2.21. The summed E-state index contributed by atoms with van der Waals surface area (Å²) in [5.41, 5.74) is 0. The molecule has 1 aromatic heterocycles. The van der Waals surface area contributed by atoms with Crippen LogP contribution in [0.4, 0.5) is 0 Å². The van der Waals surface area contributed by atoms with Crippen LogP contribution in [0, 0.1) is 0 Å². The monoisotopic (exact) mass is 259 g/mol. The van der Waals surface area contributed by atoms with E-state index in [1.165, 1.54) is 12.8 Å². The number of hydrogen-bond acceptors (Lipinski definition) is 5. The summed E-state index contributed by atoms with van der Waals surface area (Å²) in [4.78, 5) is 0. The number of ether oxygens (including phenoxy) is 1. The standard InChI is InChI=1S/C14H17N3O2/c1-2-4-12(5-3-1)18-9-8-13-16-17-14(19-13)10-15-11-6-7-11/h1-5,11,15H,6-10H2. The Morgan fingerprint density at radius 3 is 2.74 bits per heavy atom. The molecule has 1 fully saturated rings. The fraction of sp³-hybridized carbons (Fsp3) is 0.429. The van der Waals surface area contributed by atoms with Gasteiger partial charge < -0.3 is 14.5 Å². The first kappa shape index (κ1) is 12.2. The molecule has 5 heteroatoms. The molecule has 1 aliphatic carbocycles. The van der Waals surface area contributed by atoms with E-state index in [1.54, 1.807) is 0 Å². The molecule has 1 heterocycles. The van der Waals surface area contributed by atoms with Gasteiger partial charge in [0.2, 0.25) is 11.8 Å². The molecule has 0 atom stereocenters. The van der Waals surface area contributed by atoms with E-state index in [-0.39, 0.29) is 0 Å². The molecule has 0 radical (unpaired) electrons. The number of hydrogen-bond donors (Lipinski definition) is 1. The second kappa shape index (κ2) is 5.84. The molecule has 0 saturated heterocycles. The van der Waals surface area contributed by atoms with Gasteiger partial charge in [0.25, 0.3) is 0 Å². The summed E-state index contributed by atoms with van der Waals surface area (Å²) in [6, 6.07) is 10.4. The van der Waals surface area contributed by atoms with E-state index in [9.17, 15) is 0 Å². The van der Waals surface area contributed by atoms with Gasteiger partial charge in [-0.1, -0.05) is 18.2 Å². The summed E-state index contributed by atoms with van der Waals surface area (Å²) in [6.07, 6.45) is 3.14. The normalized spacial score (nSPS) is 14.5. The average molecular weight is 259 g/mol. The van der Waals surface area contributed by atoms with Crippen LogP contribution in [0.1, 0.15) is 24.6 Å². The van der Waals surface area contributed by atoms with Gasteiger partial charge in [-0.25, -0.2) is 0 Å². The smallest absolute Gasteiger partial charge is 0.230 e. The molecule has 0 unspecified atom stereocenters. The number of nitrogens with one attached hydrogen (secondary N) is 1. The predicted octanol–water partition coefficient (Wildman–Crippen LogP) is 1.94. The van der Waals surface area contributed by atoms with Crippen LogP contribution in [0.25, 0.3) is 0 Å². The third-order valence-corrected chi connectivity index (χ3v) is 2.96. The van der Waals surface area contributed by atoms with E-state index >= 15 is 0 Å². The van der Waals surface area contributed by atoms with Gasteiger partial charge in [-0.05, 0) is 25.0 Å². The second-order valence-corrected chi connectivity index (χ2v) is 4.66. The Labute approximate surface area is 112 Å². The Kier molecular flexibility index (Phi) is 3.74. The zero-order valence-electron chi connectivity index (χ0n) is 10.7. The minimum Gasteiger partial charge on any atom is -0.493 e. The molecule has 19 heavy (non-hydrogen) atoms. The molecule has 1 saturated carbocycles. The number of para-hydroxylation sites is 1. The highest BCUT2D eigenvalue weighted by atomic mass is 16.5. The van der Waals surface area contributed by atoms with Gasteiger partial charge in [0.05, 0.1) is 19.6 Å². The minimum absolute atomic E-state index is 0.543. The van der Waals surface area contributed by atoms with Crippen LogP contribution >= 0.6 is 0 Å². The van der Waals surface area contributed by atoms with E-state index in [1.807, 2.05) is 30.3 Å². The molecular weight excluding hydrogens is 242 g/mol. The molecule has 0 spiro atoms. The summed E-state index contributed by atoms with van der Waals surface area (Å²) >= 11 is 0. The van der Waals surface area contributed by atoms with Gasteiger partial charge in [-0.15, -0.1) is 10.2 Å². The van der Waals surface area contributed by atoms with Crippen LogP contribution in [0.5, 0.6) is 5.75 Å². The zero-order chi connectivity index (χ0) is 12.9. The van der Waals surface area contributed by atoms with E-state index < -0.39 is 0 Å². The lowest BCUT2D eigenvalue weighted by molar-refractivity contribution is 0.303. The molecule has 1 N–H and O–H groups in total. The van der Waals surface area contributed by atoms with Gasteiger partial charge in [-0.2, -0.15) is 0 Å². The number of aromatic nitrogens is 2. The number of benzene rings is 1.